The summed E-state index contributed by atoms with van der Waals surface area (Å²) in [5.74, 6) is -8.36. The third kappa shape index (κ3) is 14.2. The van der Waals surface area contributed by atoms with Crippen LogP contribution in [0.3, 0.4) is 0 Å². The van der Waals surface area contributed by atoms with Gasteiger partial charge in [-0.2, -0.15) is 0 Å². The summed E-state index contributed by atoms with van der Waals surface area (Å²) < 4.78 is 59.2. The number of likely N-dealkylation sites (tertiary alicyclic amines) is 2. The van der Waals surface area contributed by atoms with Gasteiger partial charge in [0.1, 0.15) is 11.5 Å². The Morgan fingerprint density at radius 1 is 0.590 bits per heavy atom. The zero-order chi connectivity index (χ0) is 58.5. The maximum atomic E-state index is 12.8. The topological polar surface area (TPSA) is 353 Å². The normalized spacial score (nSPS) is 17.2. The van der Waals surface area contributed by atoms with E-state index in [9.17, 15) is 66.0 Å². The number of carboxylic acids is 2. The molecule has 0 aliphatic carbocycles. The van der Waals surface area contributed by atoms with Gasteiger partial charge in [-0.15, -0.1) is 0 Å². The second kappa shape index (κ2) is 27.1. The number of amides is 2. The van der Waals surface area contributed by atoms with Gasteiger partial charge >= 0.3 is 11.9 Å². The SMILES string of the molecule is CCN1CCC[C@@H]1CNC(=O)c1cc(S(=O)(=O)CC)c(N)cc1OC.CCN1CCC[C@@H]1CNC(=O)c1cc(S(=O)(=O)CC)c(N)cc1OC.Cc1ccc(C(=O)[C@@](O)(C(=O)O)[C@](O)(C(=O)O)C(=O)c2ccc(C)cc2)cc1. The van der Waals surface area contributed by atoms with Crippen molar-refractivity contribution in [2.75, 3.05) is 76.5 Å². The number of likely N-dealkylation sites (N-methyl/N-ethyl adjacent to an activating group) is 2. The molecule has 6 rings (SSSR count). The molecular formula is C54H72N6O16S2. The summed E-state index contributed by atoms with van der Waals surface area (Å²) in [7, 11) is -4.19. The summed E-state index contributed by atoms with van der Waals surface area (Å²) in [5.41, 5.74) is 4.95. The van der Waals surface area contributed by atoms with Crippen molar-refractivity contribution in [3.63, 3.8) is 0 Å². The third-order valence-corrected chi connectivity index (χ3v) is 17.4. The highest BCUT2D eigenvalue weighted by atomic mass is 32.2. The van der Waals surface area contributed by atoms with Gasteiger partial charge in [0.2, 0.25) is 11.6 Å². The van der Waals surface area contributed by atoms with Gasteiger partial charge in [0.15, 0.2) is 19.7 Å². The van der Waals surface area contributed by atoms with Crippen LogP contribution in [0.4, 0.5) is 11.4 Å². The maximum Gasteiger partial charge on any atom is 0.348 e. The molecule has 426 valence electrons. The predicted octanol–water partition coefficient (Wildman–Crippen LogP) is 3.57. The number of hydrogen-bond donors (Lipinski definition) is 8. The quantitative estimate of drug-likeness (QED) is 0.0336. The number of hydrogen-bond acceptors (Lipinski definition) is 18. The number of carbonyl (C=O) groups is 6. The van der Waals surface area contributed by atoms with Crippen LogP contribution >= 0.6 is 0 Å². The molecule has 24 heteroatoms. The fourth-order valence-electron chi connectivity index (χ4n) is 9.05. The van der Waals surface area contributed by atoms with E-state index in [4.69, 9.17) is 20.9 Å². The molecule has 2 saturated heterocycles. The molecule has 2 amide bonds. The lowest BCUT2D eigenvalue weighted by Gasteiger charge is -2.34. The Morgan fingerprint density at radius 2 is 0.910 bits per heavy atom. The molecule has 4 aromatic rings. The molecule has 78 heavy (non-hydrogen) atoms. The first-order valence-electron chi connectivity index (χ1n) is 25.2. The number of aliphatic carboxylic acids is 2. The molecule has 2 heterocycles. The van der Waals surface area contributed by atoms with E-state index < -0.39 is 54.4 Å². The molecular weight excluding hydrogens is 1050 g/mol. The van der Waals surface area contributed by atoms with Gasteiger partial charge in [-0.3, -0.25) is 29.0 Å². The van der Waals surface area contributed by atoms with Gasteiger partial charge in [-0.05, 0) is 77.8 Å². The van der Waals surface area contributed by atoms with Crippen molar-refractivity contribution in [3.8, 4) is 11.5 Å². The number of anilines is 2. The minimum Gasteiger partial charge on any atom is -0.496 e. The van der Waals surface area contributed by atoms with Crippen LogP contribution in [0.15, 0.2) is 82.6 Å². The molecule has 0 unspecified atom stereocenters. The first-order chi connectivity index (χ1) is 36.6. The first-order valence-corrected chi connectivity index (χ1v) is 28.5. The van der Waals surface area contributed by atoms with Gasteiger partial charge in [0.25, 0.3) is 23.0 Å². The fourth-order valence-corrected chi connectivity index (χ4v) is 11.1. The summed E-state index contributed by atoms with van der Waals surface area (Å²) in [6, 6.07) is 16.4. The highest BCUT2D eigenvalue weighted by Crippen LogP contribution is 2.34. The average Bonchev–Trinajstić information content (AvgIpc) is 4.15. The fraction of sp³-hybridized carbons (Fsp3) is 0.444. The lowest BCUT2D eigenvalue weighted by Crippen LogP contribution is -2.71. The Kier molecular flexibility index (Phi) is 22.1. The minimum absolute atomic E-state index is 0.0306. The average molecular weight is 1130 g/mol. The van der Waals surface area contributed by atoms with Crippen LogP contribution in [-0.2, 0) is 29.3 Å². The standard InChI is InChI=1S/C20H18O8.2C17H27N3O4S/c1-11-3-7-13(8-4-11)15(21)19(27,17(23)24)20(28,18(25)26)16(22)14-9-5-12(2)6-10-14;2*1-4-20-8-6-7-12(20)11-19-17(21)13-9-16(25(22,23)5-2)14(18)10-15(13)24-3/h3-10,27-28H,1-2H3,(H,23,24)(H,25,26);2*9-10,12H,4-8,11,18H2,1-3H3,(H,19,21)/t19-,20-;2*12-/m111/s1. The summed E-state index contributed by atoms with van der Waals surface area (Å²) >= 11 is 0. The molecule has 10 N–H and O–H groups in total. The van der Waals surface area contributed by atoms with E-state index in [2.05, 4.69) is 34.3 Å². The van der Waals surface area contributed by atoms with Crippen LogP contribution in [0.1, 0.15) is 106 Å². The Morgan fingerprint density at radius 3 is 1.18 bits per heavy atom. The number of nitrogens with two attached hydrogens (primary N) is 2. The van der Waals surface area contributed by atoms with E-state index in [0.717, 1.165) is 76.1 Å². The maximum absolute atomic E-state index is 12.8. The largest absolute Gasteiger partial charge is 0.496 e. The molecule has 2 fully saturated rings. The number of carboxylic acid groups (broad SMARTS) is 2. The number of nitrogens with one attached hydrogen (secondary N) is 2. The number of carbonyl (C=O) groups excluding carboxylic acids is 4. The second-order valence-corrected chi connectivity index (χ2v) is 23.2. The lowest BCUT2D eigenvalue weighted by molar-refractivity contribution is -0.187. The summed E-state index contributed by atoms with van der Waals surface area (Å²) in [4.78, 5) is 78.9. The number of ketones is 2. The zero-order valence-corrected chi connectivity index (χ0v) is 46.8. The van der Waals surface area contributed by atoms with Crippen molar-refractivity contribution in [1.29, 1.82) is 0 Å². The van der Waals surface area contributed by atoms with Crippen molar-refractivity contribution < 1.29 is 75.5 Å². The number of Topliss-reactive ketones (excluding diaryl/α,β-unsaturated/α-hetero) is 2. The van der Waals surface area contributed by atoms with Crippen molar-refractivity contribution >= 4 is 66.4 Å². The van der Waals surface area contributed by atoms with Crippen molar-refractivity contribution in [2.45, 2.75) is 100 Å². The number of ether oxygens (including phenoxy) is 2. The van der Waals surface area contributed by atoms with Crippen molar-refractivity contribution in [1.82, 2.24) is 20.4 Å². The zero-order valence-electron chi connectivity index (χ0n) is 45.1. The monoisotopic (exact) mass is 1120 g/mol. The second-order valence-electron chi connectivity index (χ2n) is 18.7. The number of aliphatic hydroxyl groups is 2. The van der Waals surface area contributed by atoms with Crippen molar-refractivity contribution in [3.05, 3.63) is 106 Å². The Balaban J connectivity index is 0.000000253. The first kappa shape index (κ1) is 63.6. The summed E-state index contributed by atoms with van der Waals surface area (Å²) in [5, 5.41) is 46.1. The smallest absolute Gasteiger partial charge is 0.348 e. The number of benzene rings is 4. The molecule has 2 aliphatic heterocycles. The molecule has 0 saturated carbocycles. The van der Waals surface area contributed by atoms with E-state index in [1.807, 2.05) is 0 Å². The number of methoxy groups -OCH3 is 2. The van der Waals surface area contributed by atoms with Crippen LogP contribution < -0.4 is 31.6 Å². The number of nitrogens with zero attached hydrogens (tertiary/aromatic N) is 2. The molecule has 2 aliphatic rings. The number of aryl methyl sites for hydroxylation is 2. The molecule has 4 atom stereocenters. The van der Waals surface area contributed by atoms with E-state index in [0.29, 0.717) is 36.3 Å². The van der Waals surface area contributed by atoms with Gasteiger partial charge in [0, 0.05) is 48.4 Å². The van der Waals surface area contributed by atoms with Crippen LogP contribution in [0, 0.1) is 13.8 Å². The van der Waals surface area contributed by atoms with Crippen molar-refractivity contribution in [2.24, 2.45) is 0 Å². The van der Waals surface area contributed by atoms with Crippen LogP contribution in [0.25, 0.3) is 0 Å². The number of nitrogen functional groups attached to an aromatic ring is 2. The molecule has 0 bridgehead atoms. The molecule has 0 aromatic heterocycles. The Hall–Kier alpha value is -6.96. The molecule has 0 radical (unpaired) electrons. The number of sulfone groups is 2. The van der Waals surface area contributed by atoms with Crippen LogP contribution in [0.5, 0.6) is 11.5 Å². The van der Waals surface area contributed by atoms with E-state index in [-0.39, 0.29) is 78.2 Å². The Bertz CT molecular complexity index is 2860. The van der Waals surface area contributed by atoms with E-state index in [1.165, 1.54) is 76.6 Å². The molecule has 0 spiro atoms. The highest BCUT2D eigenvalue weighted by Gasteiger charge is 2.70. The lowest BCUT2D eigenvalue weighted by atomic mass is 9.73. The van der Waals surface area contributed by atoms with E-state index >= 15 is 0 Å². The van der Waals surface area contributed by atoms with E-state index in [1.54, 1.807) is 13.8 Å². The molecule has 22 nitrogen and oxygen atoms in total. The third-order valence-electron chi connectivity index (χ3n) is 13.8. The van der Waals surface area contributed by atoms with Gasteiger partial charge in [0.05, 0.1) is 58.0 Å². The van der Waals surface area contributed by atoms with Gasteiger partial charge < -0.3 is 52.0 Å². The van der Waals surface area contributed by atoms with Crippen LogP contribution in [0.2, 0.25) is 0 Å². The predicted molar refractivity (Wildman–Crippen MR) is 292 cm³/mol. The highest BCUT2D eigenvalue weighted by molar-refractivity contribution is 7.91. The van der Waals surface area contributed by atoms with Gasteiger partial charge in [-0.1, -0.05) is 87.4 Å². The summed E-state index contributed by atoms with van der Waals surface area (Å²) in [6.07, 6.45) is 4.34. The van der Waals surface area contributed by atoms with Crippen LogP contribution in [-0.4, -0.2) is 171 Å². The minimum atomic E-state index is -3.96. The number of rotatable bonds is 21. The summed E-state index contributed by atoms with van der Waals surface area (Å²) in [6.45, 7) is 15.7. The molecule has 4 aromatic carbocycles. The van der Waals surface area contributed by atoms with Gasteiger partial charge in [-0.25, -0.2) is 26.4 Å². The Labute approximate surface area is 454 Å².